The summed E-state index contributed by atoms with van der Waals surface area (Å²) in [5.41, 5.74) is 1.73. The first-order chi connectivity index (χ1) is 18.0. The van der Waals surface area contributed by atoms with Crippen LogP contribution in [0.4, 0.5) is 0 Å². The zero-order valence-corrected chi connectivity index (χ0v) is 21.7. The normalized spacial score (nSPS) is 24.2. The van der Waals surface area contributed by atoms with E-state index in [9.17, 15) is 8.42 Å². The molecule has 0 saturated carbocycles. The highest BCUT2D eigenvalue weighted by atomic mass is 32.2. The van der Waals surface area contributed by atoms with E-state index in [1.807, 2.05) is 54.6 Å². The lowest BCUT2D eigenvalue weighted by Crippen LogP contribution is -2.57. The van der Waals surface area contributed by atoms with Crippen molar-refractivity contribution in [3.63, 3.8) is 0 Å². The van der Waals surface area contributed by atoms with Crippen molar-refractivity contribution >= 4 is 31.7 Å². The Morgan fingerprint density at radius 3 is 2.70 bits per heavy atom. The van der Waals surface area contributed by atoms with Gasteiger partial charge in [-0.15, -0.1) is 6.58 Å². The molecule has 3 aliphatic rings. The zero-order valence-electron chi connectivity index (χ0n) is 20.9. The quantitative estimate of drug-likeness (QED) is 0.339. The lowest BCUT2D eigenvalue weighted by atomic mass is 9.73. The van der Waals surface area contributed by atoms with Crippen molar-refractivity contribution in [2.45, 2.75) is 29.8 Å². The third kappa shape index (κ3) is 4.41. The van der Waals surface area contributed by atoms with Gasteiger partial charge in [-0.05, 0) is 84.0 Å². The fourth-order valence-corrected chi connectivity index (χ4v) is 7.47. The highest BCUT2D eigenvalue weighted by molar-refractivity contribution is 7.89. The van der Waals surface area contributed by atoms with Crippen LogP contribution < -0.4 is 9.46 Å². The minimum atomic E-state index is -3.82. The van der Waals surface area contributed by atoms with Crippen molar-refractivity contribution < 1.29 is 13.2 Å². The monoisotopic (exact) mass is 513 g/mol. The standard InChI is InChI=1S/C30H31N3O3S/c1-3-20-19-33-15-13-23(20)17-29(33)30(26-12-14-31-28-11-9-24(36-2)18-27(26)28)32-37(34,35)25-10-8-21-6-4-5-7-22(21)16-25/h3-12,14,16,18,20,23,29-30,32H,1,13,15,17,19H2,2H3/t20?,23?,29-,30-/m0/s1. The van der Waals surface area contributed by atoms with Gasteiger partial charge in [-0.2, -0.15) is 0 Å². The lowest BCUT2D eigenvalue weighted by molar-refractivity contribution is 0.00490. The van der Waals surface area contributed by atoms with Crippen LogP contribution in [0.2, 0.25) is 0 Å². The van der Waals surface area contributed by atoms with Gasteiger partial charge in [0.1, 0.15) is 5.75 Å². The number of nitrogens with zero attached hydrogens (tertiary/aromatic N) is 2. The van der Waals surface area contributed by atoms with Gasteiger partial charge in [0, 0.05) is 24.2 Å². The second-order valence-electron chi connectivity index (χ2n) is 10.1. The third-order valence-electron chi connectivity index (χ3n) is 8.17. The van der Waals surface area contributed by atoms with E-state index >= 15 is 0 Å². The topological polar surface area (TPSA) is 71.5 Å². The molecule has 5 atom stereocenters. The summed E-state index contributed by atoms with van der Waals surface area (Å²) in [7, 11) is -2.18. The number of aromatic nitrogens is 1. The summed E-state index contributed by atoms with van der Waals surface area (Å²) in [6.07, 6.45) is 5.86. The van der Waals surface area contributed by atoms with Crippen LogP contribution in [0.25, 0.3) is 21.7 Å². The molecule has 0 amide bonds. The number of fused-ring (bicyclic) bond motifs is 5. The third-order valence-corrected chi connectivity index (χ3v) is 9.61. The molecule has 3 aliphatic heterocycles. The fourth-order valence-electron chi connectivity index (χ4n) is 6.19. The highest BCUT2D eigenvalue weighted by Gasteiger charge is 2.44. The molecule has 3 fully saturated rings. The van der Waals surface area contributed by atoms with Gasteiger partial charge in [-0.1, -0.05) is 36.4 Å². The Labute approximate surface area is 218 Å². The number of nitrogens with one attached hydrogen (secondary N) is 1. The smallest absolute Gasteiger partial charge is 0.241 e. The maximum Gasteiger partial charge on any atom is 0.241 e. The Kier molecular flexibility index (Phi) is 6.23. The predicted molar refractivity (Wildman–Crippen MR) is 147 cm³/mol. The van der Waals surface area contributed by atoms with Crippen molar-refractivity contribution in [2.24, 2.45) is 11.8 Å². The number of hydrogen-bond donors (Lipinski definition) is 1. The number of rotatable bonds is 7. The van der Waals surface area contributed by atoms with E-state index in [1.165, 1.54) is 0 Å². The van der Waals surface area contributed by atoms with E-state index in [0.29, 0.717) is 11.8 Å². The summed E-state index contributed by atoms with van der Waals surface area (Å²) >= 11 is 0. The van der Waals surface area contributed by atoms with Crippen molar-refractivity contribution in [1.82, 2.24) is 14.6 Å². The molecular weight excluding hydrogens is 482 g/mol. The Bertz CT molecular complexity index is 1590. The molecule has 3 unspecified atom stereocenters. The molecule has 7 heteroatoms. The number of piperidine rings is 3. The van der Waals surface area contributed by atoms with E-state index in [2.05, 4.69) is 27.3 Å². The van der Waals surface area contributed by atoms with Gasteiger partial charge < -0.3 is 4.74 Å². The molecule has 4 aromatic rings. The largest absolute Gasteiger partial charge is 0.497 e. The first-order valence-electron chi connectivity index (χ1n) is 12.8. The van der Waals surface area contributed by atoms with Crippen LogP contribution in [0.3, 0.4) is 0 Å². The maximum atomic E-state index is 13.9. The molecule has 0 radical (unpaired) electrons. The van der Waals surface area contributed by atoms with Crippen LogP contribution in [0, 0.1) is 11.8 Å². The van der Waals surface area contributed by atoms with E-state index in [1.54, 1.807) is 25.4 Å². The molecule has 2 bridgehead atoms. The highest BCUT2D eigenvalue weighted by Crippen LogP contribution is 2.43. The summed E-state index contributed by atoms with van der Waals surface area (Å²) in [4.78, 5) is 7.25. The zero-order chi connectivity index (χ0) is 25.6. The Hall–Kier alpha value is -3.26. The van der Waals surface area contributed by atoms with Crippen LogP contribution in [-0.2, 0) is 10.0 Å². The van der Waals surface area contributed by atoms with E-state index in [-0.39, 0.29) is 10.9 Å². The maximum absolute atomic E-state index is 13.9. The summed E-state index contributed by atoms with van der Waals surface area (Å²) < 4.78 is 36.5. The average molecular weight is 514 g/mol. The van der Waals surface area contributed by atoms with E-state index < -0.39 is 16.1 Å². The van der Waals surface area contributed by atoms with Crippen LogP contribution in [0.5, 0.6) is 5.75 Å². The molecular formula is C30H31N3O3S. The number of ether oxygens (including phenoxy) is 1. The molecule has 0 spiro atoms. The molecule has 1 aromatic heterocycles. The average Bonchev–Trinajstić information content (AvgIpc) is 2.95. The van der Waals surface area contributed by atoms with Gasteiger partial charge in [0.25, 0.3) is 0 Å². The lowest BCUT2D eigenvalue weighted by Gasteiger charge is -2.51. The van der Waals surface area contributed by atoms with Crippen LogP contribution in [0.15, 0.2) is 90.5 Å². The van der Waals surface area contributed by atoms with Gasteiger partial charge in [0.15, 0.2) is 0 Å². The van der Waals surface area contributed by atoms with Gasteiger partial charge in [-0.3, -0.25) is 9.88 Å². The molecule has 37 heavy (non-hydrogen) atoms. The second kappa shape index (κ2) is 9.56. The SMILES string of the molecule is C=CC1CN2CCC1C[C@H]2[C@@H](NS(=O)(=O)c1ccc2ccccc2c1)c1ccnc2ccc(OC)cc12. The van der Waals surface area contributed by atoms with Crippen molar-refractivity contribution in [2.75, 3.05) is 20.2 Å². The number of methoxy groups -OCH3 is 1. The predicted octanol–water partition coefficient (Wildman–Crippen LogP) is 5.31. The molecule has 0 aliphatic carbocycles. The summed E-state index contributed by atoms with van der Waals surface area (Å²) in [5.74, 6) is 1.66. The summed E-state index contributed by atoms with van der Waals surface area (Å²) in [6, 6.07) is 20.4. The van der Waals surface area contributed by atoms with E-state index in [0.717, 1.165) is 58.9 Å². The van der Waals surface area contributed by atoms with Crippen molar-refractivity contribution in [1.29, 1.82) is 0 Å². The molecule has 3 aromatic carbocycles. The minimum Gasteiger partial charge on any atom is -0.497 e. The van der Waals surface area contributed by atoms with Gasteiger partial charge in [0.2, 0.25) is 10.0 Å². The molecule has 6 nitrogen and oxygen atoms in total. The van der Waals surface area contributed by atoms with Crippen LogP contribution in [-0.4, -0.2) is 44.5 Å². The second-order valence-corrected chi connectivity index (χ2v) is 11.9. The molecule has 3 saturated heterocycles. The molecule has 7 rings (SSSR count). The Morgan fingerprint density at radius 1 is 1.11 bits per heavy atom. The van der Waals surface area contributed by atoms with Gasteiger partial charge in [0.05, 0.1) is 23.6 Å². The van der Waals surface area contributed by atoms with E-state index in [4.69, 9.17) is 4.74 Å². The van der Waals surface area contributed by atoms with Crippen molar-refractivity contribution in [3.05, 3.63) is 91.1 Å². The molecule has 4 heterocycles. The first kappa shape index (κ1) is 24.1. The summed E-state index contributed by atoms with van der Waals surface area (Å²) in [6.45, 7) is 5.92. The van der Waals surface area contributed by atoms with Crippen LogP contribution >= 0.6 is 0 Å². The van der Waals surface area contributed by atoms with Crippen molar-refractivity contribution in [3.8, 4) is 5.75 Å². The van der Waals surface area contributed by atoms with Gasteiger partial charge >= 0.3 is 0 Å². The Morgan fingerprint density at radius 2 is 1.95 bits per heavy atom. The number of benzene rings is 3. The van der Waals surface area contributed by atoms with Crippen LogP contribution in [0.1, 0.15) is 24.4 Å². The number of pyridine rings is 1. The molecule has 190 valence electrons. The minimum absolute atomic E-state index is 0.0296. The Balaban J connectivity index is 1.45. The number of sulfonamides is 1. The fraction of sp³-hybridized carbons (Fsp3) is 0.300. The first-order valence-corrected chi connectivity index (χ1v) is 14.3. The summed E-state index contributed by atoms with van der Waals surface area (Å²) in [5, 5.41) is 2.81. The molecule has 1 N–H and O–H groups in total. The van der Waals surface area contributed by atoms with Gasteiger partial charge in [-0.25, -0.2) is 13.1 Å². The number of hydrogen-bond acceptors (Lipinski definition) is 5.